The molecule has 2 heterocycles. The van der Waals surface area contributed by atoms with Crippen LogP contribution in [0.3, 0.4) is 0 Å². The van der Waals surface area contributed by atoms with E-state index in [0.717, 1.165) is 18.4 Å². The summed E-state index contributed by atoms with van der Waals surface area (Å²) in [5, 5.41) is 10.1. The highest BCUT2D eigenvalue weighted by atomic mass is 16.5. The summed E-state index contributed by atoms with van der Waals surface area (Å²) in [5.74, 6) is -0.408. The molecule has 8 nitrogen and oxygen atoms in total. The molecule has 2 atom stereocenters. The molecule has 146 valence electrons. The Morgan fingerprint density at radius 3 is 2.61 bits per heavy atom. The molecule has 0 bridgehead atoms. The number of fused-ring (bicyclic) bond motifs is 1. The van der Waals surface area contributed by atoms with Crippen molar-refractivity contribution in [3.05, 3.63) is 57.1 Å². The largest absolute Gasteiger partial charge is 0.467 e. The third-order valence-corrected chi connectivity index (χ3v) is 5.41. The van der Waals surface area contributed by atoms with Crippen molar-refractivity contribution in [3.63, 3.8) is 0 Å². The van der Waals surface area contributed by atoms with Crippen molar-refractivity contribution in [1.82, 2.24) is 4.57 Å². The van der Waals surface area contributed by atoms with Crippen molar-refractivity contribution in [2.75, 3.05) is 19.4 Å². The van der Waals surface area contributed by atoms with Gasteiger partial charge in [-0.15, -0.1) is 0 Å². The van der Waals surface area contributed by atoms with Crippen LogP contribution in [0, 0.1) is 5.92 Å². The van der Waals surface area contributed by atoms with E-state index in [4.69, 9.17) is 15.5 Å². The molecule has 8 heteroatoms. The zero-order valence-corrected chi connectivity index (χ0v) is 15.8. The van der Waals surface area contributed by atoms with Crippen LogP contribution in [-0.4, -0.2) is 34.8 Å². The maximum absolute atomic E-state index is 12.8. The molecule has 0 saturated heterocycles. The van der Waals surface area contributed by atoms with E-state index < -0.39 is 17.6 Å². The quantitative estimate of drug-likeness (QED) is 0.724. The number of pyridine rings is 1. The molecule has 2 aromatic rings. The molecular weight excluding hydrogens is 360 g/mol. The fourth-order valence-corrected chi connectivity index (χ4v) is 3.68. The van der Waals surface area contributed by atoms with E-state index in [1.807, 2.05) is 0 Å². The van der Waals surface area contributed by atoms with E-state index in [2.05, 4.69) is 4.99 Å². The number of anilines is 1. The number of rotatable bonds is 4. The maximum Gasteiger partial charge on any atom is 0.336 e. The Kier molecular flexibility index (Phi) is 4.30. The number of carbonyl (C=O) groups is 1. The molecule has 0 radical (unpaired) electrons. The Morgan fingerprint density at radius 1 is 1.36 bits per heavy atom. The number of ether oxygens (including phenoxy) is 1. The van der Waals surface area contributed by atoms with Crippen LogP contribution < -0.4 is 22.1 Å². The number of nitrogen functional groups attached to an aromatic ring is 1. The predicted molar refractivity (Wildman–Crippen MR) is 102 cm³/mol. The van der Waals surface area contributed by atoms with Crippen molar-refractivity contribution in [1.29, 1.82) is 0 Å². The van der Waals surface area contributed by atoms with Crippen LogP contribution in [0.25, 0.3) is 5.69 Å². The summed E-state index contributed by atoms with van der Waals surface area (Å²) in [6.45, 7) is 1.82. The van der Waals surface area contributed by atoms with E-state index in [1.165, 1.54) is 17.7 Å². The van der Waals surface area contributed by atoms with Gasteiger partial charge in [-0.2, -0.15) is 0 Å². The smallest absolute Gasteiger partial charge is 0.336 e. The number of aromatic nitrogens is 1. The summed E-state index contributed by atoms with van der Waals surface area (Å²) in [4.78, 5) is 34.6. The SMILES string of the molecule is COC(=O)C1(C2CC2)CN=c2c(N)cc(=O)n(-c3ccc(C(C)O)cc3)c2=N1. The van der Waals surface area contributed by atoms with Crippen molar-refractivity contribution in [3.8, 4) is 5.69 Å². The first-order valence-corrected chi connectivity index (χ1v) is 9.20. The van der Waals surface area contributed by atoms with Gasteiger partial charge in [-0.25, -0.2) is 9.79 Å². The minimum Gasteiger partial charge on any atom is -0.467 e. The standard InChI is InChI=1S/C20H22N4O4/c1-11(25)12-3-7-14(8-4-12)24-16(26)9-15(21)17-18(24)23-20(10-22-17,13-5-6-13)19(27)28-2/h3-4,7-9,11,13,25H,5-6,10,21H2,1-2H3. The first-order valence-electron chi connectivity index (χ1n) is 9.20. The summed E-state index contributed by atoms with van der Waals surface area (Å²) < 4.78 is 6.42. The van der Waals surface area contributed by atoms with Gasteiger partial charge < -0.3 is 15.6 Å². The number of esters is 1. The van der Waals surface area contributed by atoms with E-state index in [0.29, 0.717) is 11.0 Å². The first-order chi connectivity index (χ1) is 13.4. The van der Waals surface area contributed by atoms with E-state index >= 15 is 0 Å². The Labute approximate surface area is 161 Å². The molecule has 1 aliphatic heterocycles. The molecule has 1 aromatic heterocycles. The first kappa shape index (κ1) is 18.4. The van der Waals surface area contributed by atoms with Crippen molar-refractivity contribution < 1.29 is 14.6 Å². The highest BCUT2D eigenvalue weighted by Gasteiger charge is 2.53. The third-order valence-electron chi connectivity index (χ3n) is 5.41. The minimum absolute atomic E-state index is 0.0412. The predicted octanol–water partition coefficient (Wildman–Crippen LogP) is 0.0476. The van der Waals surface area contributed by atoms with Gasteiger partial charge in [-0.05, 0) is 43.4 Å². The van der Waals surface area contributed by atoms with Crippen molar-refractivity contribution in [2.45, 2.75) is 31.4 Å². The van der Waals surface area contributed by atoms with Gasteiger partial charge >= 0.3 is 5.97 Å². The summed E-state index contributed by atoms with van der Waals surface area (Å²) in [6.07, 6.45) is 1.10. The molecule has 3 N–H and O–H groups in total. The molecule has 0 spiro atoms. The highest BCUT2D eigenvalue weighted by molar-refractivity contribution is 5.82. The highest BCUT2D eigenvalue weighted by Crippen LogP contribution is 2.43. The second-order valence-electron chi connectivity index (χ2n) is 7.33. The van der Waals surface area contributed by atoms with Gasteiger partial charge in [0.25, 0.3) is 5.56 Å². The Bertz CT molecular complexity index is 1120. The normalized spacial score (nSPS) is 21.8. The average molecular weight is 382 g/mol. The molecule has 28 heavy (non-hydrogen) atoms. The lowest BCUT2D eigenvalue weighted by Gasteiger charge is -2.27. The molecule has 2 aliphatic rings. The second-order valence-corrected chi connectivity index (χ2v) is 7.33. The lowest BCUT2D eigenvalue weighted by Crippen LogP contribution is -2.54. The zero-order chi connectivity index (χ0) is 20.1. The Morgan fingerprint density at radius 2 is 2.04 bits per heavy atom. The van der Waals surface area contributed by atoms with Gasteiger partial charge in [0, 0.05) is 6.07 Å². The lowest BCUT2D eigenvalue weighted by molar-refractivity contribution is -0.147. The van der Waals surface area contributed by atoms with Crippen LogP contribution in [0.1, 0.15) is 31.4 Å². The number of aliphatic hydroxyl groups is 1. The number of nitrogens with zero attached hydrogens (tertiary/aromatic N) is 3. The lowest BCUT2D eigenvalue weighted by atomic mass is 9.93. The van der Waals surface area contributed by atoms with Gasteiger partial charge in [0.15, 0.2) is 11.0 Å². The van der Waals surface area contributed by atoms with Crippen molar-refractivity contribution in [2.24, 2.45) is 15.9 Å². The number of hydrogen-bond donors (Lipinski definition) is 2. The maximum atomic E-state index is 12.8. The summed E-state index contributed by atoms with van der Waals surface area (Å²) >= 11 is 0. The van der Waals surface area contributed by atoms with Crippen molar-refractivity contribution >= 4 is 11.7 Å². The van der Waals surface area contributed by atoms with Crippen LogP contribution in [0.15, 0.2) is 45.1 Å². The zero-order valence-electron chi connectivity index (χ0n) is 15.8. The number of hydrogen-bond acceptors (Lipinski definition) is 7. The molecule has 1 fully saturated rings. The van der Waals surface area contributed by atoms with E-state index in [9.17, 15) is 14.7 Å². The van der Waals surface area contributed by atoms with Gasteiger partial charge in [-0.3, -0.25) is 14.4 Å². The van der Waals surface area contributed by atoms with Crippen LogP contribution >= 0.6 is 0 Å². The Hall–Kier alpha value is -3.00. The number of nitrogens with two attached hydrogens (primary N) is 1. The molecule has 1 aromatic carbocycles. The van der Waals surface area contributed by atoms with Gasteiger partial charge in [0.1, 0.15) is 5.36 Å². The fraction of sp³-hybridized carbons (Fsp3) is 0.400. The number of carbonyl (C=O) groups excluding carboxylic acids is 1. The molecule has 0 amide bonds. The monoisotopic (exact) mass is 382 g/mol. The topological polar surface area (TPSA) is 119 Å². The minimum atomic E-state index is -1.12. The summed E-state index contributed by atoms with van der Waals surface area (Å²) in [5.41, 5.74) is 6.32. The van der Waals surface area contributed by atoms with E-state index in [-0.39, 0.29) is 29.2 Å². The van der Waals surface area contributed by atoms with Crippen LogP contribution in [0.2, 0.25) is 0 Å². The van der Waals surface area contributed by atoms with E-state index in [1.54, 1.807) is 31.2 Å². The molecule has 1 aliphatic carbocycles. The van der Waals surface area contributed by atoms with Crippen LogP contribution in [-0.2, 0) is 9.53 Å². The fourth-order valence-electron chi connectivity index (χ4n) is 3.68. The molecule has 1 saturated carbocycles. The molecular formula is C20H22N4O4. The van der Waals surface area contributed by atoms with Gasteiger partial charge in [-0.1, -0.05) is 12.1 Å². The number of methoxy groups -OCH3 is 1. The van der Waals surface area contributed by atoms with Gasteiger partial charge in [0.05, 0.1) is 31.1 Å². The molecule has 4 rings (SSSR count). The third kappa shape index (κ3) is 2.80. The summed E-state index contributed by atoms with van der Waals surface area (Å²) in [7, 11) is 1.33. The van der Waals surface area contributed by atoms with Crippen LogP contribution in [0.5, 0.6) is 0 Å². The molecule has 2 unspecified atom stereocenters. The Balaban J connectivity index is 1.99. The number of benzene rings is 1. The average Bonchev–Trinajstić information content (AvgIpc) is 3.53. The second kappa shape index (κ2) is 6.56. The number of aliphatic hydroxyl groups excluding tert-OH is 1. The summed E-state index contributed by atoms with van der Waals surface area (Å²) in [6, 6.07) is 8.23. The van der Waals surface area contributed by atoms with Crippen LogP contribution in [0.4, 0.5) is 5.69 Å². The van der Waals surface area contributed by atoms with Gasteiger partial charge in [0.2, 0.25) is 0 Å².